The summed E-state index contributed by atoms with van der Waals surface area (Å²) in [5, 5.41) is 3.84. The van der Waals surface area contributed by atoms with Crippen LogP contribution in [0.2, 0.25) is 0 Å². The Morgan fingerprint density at radius 3 is 2.90 bits per heavy atom. The van der Waals surface area contributed by atoms with Gasteiger partial charge in [0.2, 0.25) is 0 Å². The summed E-state index contributed by atoms with van der Waals surface area (Å²) in [5.74, 6) is 1.95. The number of aromatic amines is 1. The van der Waals surface area contributed by atoms with Crippen LogP contribution in [-0.4, -0.2) is 53.2 Å². The van der Waals surface area contributed by atoms with Gasteiger partial charge < -0.3 is 24.7 Å². The van der Waals surface area contributed by atoms with Crippen molar-refractivity contribution < 1.29 is 13.9 Å². The molecule has 0 atom stereocenters. The van der Waals surface area contributed by atoms with Crippen LogP contribution >= 0.6 is 0 Å². The fourth-order valence-electron chi connectivity index (χ4n) is 3.66. The summed E-state index contributed by atoms with van der Waals surface area (Å²) in [4.78, 5) is 14.1. The molecule has 1 aliphatic heterocycles. The highest BCUT2D eigenvalue weighted by atomic mass is 19.1. The second-order valence-corrected chi connectivity index (χ2v) is 7.22. The van der Waals surface area contributed by atoms with E-state index >= 15 is 0 Å². The largest absolute Gasteiger partial charge is 0.491 e. The summed E-state index contributed by atoms with van der Waals surface area (Å²) in [6.45, 7) is 5.65. The summed E-state index contributed by atoms with van der Waals surface area (Å²) >= 11 is 0. The first-order valence-electron chi connectivity index (χ1n) is 9.95. The molecule has 2 N–H and O–H groups in total. The zero-order valence-corrected chi connectivity index (χ0v) is 16.8. The Bertz CT molecular complexity index is 985. The summed E-state index contributed by atoms with van der Waals surface area (Å²) in [6.07, 6.45) is 6.84. The molecule has 0 amide bonds. The van der Waals surface area contributed by atoms with Gasteiger partial charge in [-0.25, -0.2) is 14.4 Å². The first-order chi connectivity index (χ1) is 14.2. The van der Waals surface area contributed by atoms with Crippen molar-refractivity contribution in [2.45, 2.75) is 26.2 Å². The van der Waals surface area contributed by atoms with Crippen LogP contribution in [-0.2, 0) is 0 Å². The summed E-state index contributed by atoms with van der Waals surface area (Å²) in [7, 11) is 1.59. The third kappa shape index (κ3) is 4.27. The molecule has 0 radical (unpaired) electrons. The van der Waals surface area contributed by atoms with Crippen molar-refractivity contribution in [1.29, 1.82) is 0 Å². The predicted octanol–water partition coefficient (Wildman–Crippen LogP) is 4.02. The molecular weight excluding hydrogens is 373 g/mol. The molecule has 7 nitrogen and oxygen atoms in total. The molecule has 0 aliphatic carbocycles. The van der Waals surface area contributed by atoms with Gasteiger partial charge in [-0.3, -0.25) is 0 Å². The van der Waals surface area contributed by atoms with E-state index in [0.717, 1.165) is 13.0 Å². The minimum absolute atomic E-state index is 0.314. The number of halogens is 1. The van der Waals surface area contributed by atoms with Crippen molar-refractivity contribution in [3.8, 4) is 11.5 Å². The van der Waals surface area contributed by atoms with Crippen LogP contribution in [0.1, 0.15) is 25.0 Å². The minimum atomic E-state index is -0.347. The molecule has 1 saturated heterocycles. The van der Waals surface area contributed by atoms with Crippen molar-refractivity contribution in [1.82, 2.24) is 19.9 Å². The maximum atomic E-state index is 14.2. The molecular formula is C21H26FN5O2. The summed E-state index contributed by atoms with van der Waals surface area (Å²) < 4.78 is 25.6. The number of hydrogen-bond acceptors (Lipinski definition) is 6. The van der Waals surface area contributed by atoms with Crippen LogP contribution in [0.25, 0.3) is 10.9 Å². The third-order valence-electron chi connectivity index (χ3n) is 5.19. The molecule has 0 spiro atoms. The molecule has 154 valence electrons. The lowest BCUT2D eigenvalue weighted by Crippen LogP contribution is -2.22. The van der Waals surface area contributed by atoms with Crippen LogP contribution in [0, 0.1) is 12.7 Å². The number of likely N-dealkylation sites (tertiary alicyclic amines) is 1. The average Bonchev–Trinajstić information content (AvgIpc) is 3.41. The van der Waals surface area contributed by atoms with Crippen molar-refractivity contribution in [3.63, 3.8) is 0 Å². The summed E-state index contributed by atoms with van der Waals surface area (Å²) in [5.41, 5.74) is 0.737. The normalized spacial score (nSPS) is 14.4. The highest BCUT2D eigenvalue weighted by molar-refractivity contribution is 5.92. The Kier molecular flexibility index (Phi) is 5.80. The second-order valence-electron chi connectivity index (χ2n) is 7.22. The number of aromatic nitrogens is 3. The van der Waals surface area contributed by atoms with Crippen molar-refractivity contribution in [2.75, 3.05) is 38.7 Å². The maximum absolute atomic E-state index is 14.2. The second kappa shape index (κ2) is 8.65. The molecule has 3 aromatic rings. The molecule has 1 aliphatic rings. The quantitative estimate of drug-likeness (QED) is 0.557. The maximum Gasteiger partial charge on any atom is 0.179 e. The fourth-order valence-corrected chi connectivity index (χ4v) is 3.66. The van der Waals surface area contributed by atoms with Gasteiger partial charge in [-0.1, -0.05) is 0 Å². The number of rotatable bonds is 8. The van der Waals surface area contributed by atoms with Gasteiger partial charge in [0.15, 0.2) is 17.3 Å². The SMILES string of the molecule is COc1cnc(Nc2nc(C)c(F)c3[nH]ccc23)cc1OCCCN1CCCC1. The van der Waals surface area contributed by atoms with E-state index in [4.69, 9.17) is 9.47 Å². The zero-order chi connectivity index (χ0) is 20.2. The fraction of sp³-hybridized carbons (Fsp3) is 0.429. The summed E-state index contributed by atoms with van der Waals surface area (Å²) in [6, 6.07) is 3.57. The Labute approximate surface area is 169 Å². The lowest BCUT2D eigenvalue weighted by molar-refractivity contribution is 0.254. The van der Waals surface area contributed by atoms with Gasteiger partial charge in [-0.15, -0.1) is 0 Å². The van der Waals surface area contributed by atoms with Gasteiger partial charge in [-0.05, 0) is 45.3 Å². The van der Waals surface area contributed by atoms with Crippen LogP contribution in [0.3, 0.4) is 0 Å². The Morgan fingerprint density at radius 1 is 1.28 bits per heavy atom. The van der Waals surface area contributed by atoms with E-state index in [0.29, 0.717) is 46.3 Å². The highest BCUT2D eigenvalue weighted by Crippen LogP contribution is 2.31. The molecule has 0 unspecified atom stereocenters. The Hall–Kier alpha value is -2.87. The first-order valence-corrected chi connectivity index (χ1v) is 9.95. The zero-order valence-electron chi connectivity index (χ0n) is 16.8. The van der Waals surface area contributed by atoms with Crippen molar-refractivity contribution in [2.24, 2.45) is 0 Å². The lowest BCUT2D eigenvalue weighted by atomic mass is 10.2. The van der Waals surface area contributed by atoms with Crippen LogP contribution in [0.5, 0.6) is 11.5 Å². The van der Waals surface area contributed by atoms with E-state index in [-0.39, 0.29) is 5.82 Å². The van der Waals surface area contributed by atoms with Crippen LogP contribution in [0.4, 0.5) is 16.0 Å². The van der Waals surface area contributed by atoms with Gasteiger partial charge in [0.1, 0.15) is 11.6 Å². The topological polar surface area (TPSA) is 75.3 Å². The number of nitrogens with one attached hydrogen (secondary N) is 2. The van der Waals surface area contributed by atoms with Gasteiger partial charge in [0, 0.05) is 24.2 Å². The first kappa shape index (κ1) is 19.4. The monoisotopic (exact) mass is 399 g/mol. The smallest absolute Gasteiger partial charge is 0.179 e. The van der Waals surface area contributed by atoms with Gasteiger partial charge in [-0.2, -0.15) is 0 Å². The Morgan fingerprint density at radius 2 is 2.10 bits per heavy atom. The van der Waals surface area contributed by atoms with E-state index in [1.54, 1.807) is 38.6 Å². The van der Waals surface area contributed by atoms with Gasteiger partial charge >= 0.3 is 0 Å². The predicted molar refractivity (Wildman–Crippen MR) is 111 cm³/mol. The molecule has 4 rings (SSSR count). The number of fused-ring (bicyclic) bond motifs is 1. The number of H-pyrrole nitrogens is 1. The van der Waals surface area contributed by atoms with E-state index in [9.17, 15) is 4.39 Å². The van der Waals surface area contributed by atoms with E-state index in [1.807, 2.05) is 0 Å². The molecule has 0 saturated carbocycles. The average molecular weight is 399 g/mol. The van der Waals surface area contributed by atoms with Crippen LogP contribution in [0.15, 0.2) is 24.5 Å². The van der Waals surface area contributed by atoms with Crippen molar-refractivity contribution >= 4 is 22.5 Å². The molecule has 29 heavy (non-hydrogen) atoms. The van der Waals surface area contributed by atoms with E-state index in [1.165, 1.54) is 25.9 Å². The number of pyridine rings is 2. The number of anilines is 2. The molecule has 0 bridgehead atoms. The lowest BCUT2D eigenvalue weighted by Gasteiger charge is -2.16. The van der Waals surface area contributed by atoms with Crippen LogP contribution < -0.4 is 14.8 Å². The minimum Gasteiger partial charge on any atom is -0.491 e. The Balaban J connectivity index is 1.48. The van der Waals surface area contributed by atoms with E-state index < -0.39 is 0 Å². The molecule has 0 aromatic carbocycles. The van der Waals surface area contributed by atoms with E-state index in [2.05, 4.69) is 25.2 Å². The van der Waals surface area contributed by atoms with Gasteiger partial charge in [0.25, 0.3) is 0 Å². The number of ether oxygens (including phenoxy) is 2. The molecule has 4 heterocycles. The third-order valence-corrected chi connectivity index (χ3v) is 5.19. The number of aryl methyl sites for hydroxylation is 1. The molecule has 3 aromatic heterocycles. The van der Waals surface area contributed by atoms with Crippen molar-refractivity contribution in [3.05, 3.63) is 36.0 Å². The number of hydrogen-bond donors (Lipinski definition) is 2. The number of nitrogens with zero attached hydrogens (tertiary/aromatic N) is 3. The highest BCUT2D eigenvalue weighted by Gasteiger charge is 2.15. The molecule has 1 fully saturated rings. The standard InChI is InChI=1S/C21H26FN5O2/c1-14-19(22)20-15(6-7-23-20)21(25-14)26-18-12-16(17(28-2)13-24-18)29-11-5-10-27-8-3-4-9-27/h6-7,12-13,23H,3-5,8-11H2,1-2H3,(H,24,25,26). The van der Waals surface area contributed by atoms with Gasteiger partial charge in [0.05, 0.1) is 31.1 Å². The number of methoxy groups -OCH3 is 1. The molecule has 8 heteroatoms.